The smallest absolute Gasteiger partial charge is 0.223 e. The second-order valence-electron chi connectivity index (χ2n) is 4.50. The van der Waals surface area contributed by atoms with E-state index in [0.29, 0.717) is 12.8 Å². The quantitative estimate of drug-likeness (QED) is 0.526. The lowest BCUT2D eigenvalue weighted by Gasteiger charge is -2.22. The summed E-state index contributed by atoms with van der Waals surface area (Å²) in [5.41, 5.74) is 0. The lowest BCUT2D eigenvalue weighted by Crippen LogP contribution is -2.35. The maximum absolute atomic E-state index is 12.0. The number of ketones is 1. The minimum Gasteiger partial charge on any atom is -0.343 e. The van der Waals surface area contributed by atoms with Crippen LogP contribution in [0.1, 0.15) is 32.6 Å². The lowest BCUT2D eigenvalue weighted by molar-refractivity contribution is -0.133. The highest BCUT2D eigenvalue weighted by Crippen LogP contribution is 2.01. The number of carbonyl (C=O) groups excluding carboxylic acids is 2. The van der Waals surface area contributed by atoms with Crippen molar-refractivity contribution in [1.29, 1.82) is 0 Å². The van der Waals surface area contributed by atoms with E-state index in [2.05, 4.69) is 10.6 Å². The molecule has 0 radical (unpaired) electrons. The van der Waals surface area contributed by atoms with E-state index >= 15 is 0 Å². The van der Waals surface area contributed by atoms with Gasteiger partial charge in [0.05, 0.1) is 0 Å². The maximum atomic E-state index is 12.0. The number of hydrogen-bond acceptors (Lipinski definition) is 4. The minimum atomic E-state index is 0.0775. The van der Waals surface area contributed by atoms with Gasteiger partial charge in [-0.2, -0.15) is 0 Å². The van der Waals surface area contributed by atoms with E-state index in [-0.39, 0.29) is 11.7 Å². The Morgan fingerprint density at radius 3 is 1.83 bits per heavy atom. The van der Waals surface area contributed by atoms with E-state index in [1.807, 2.05) is 19.0 Å². The summed E-state index contributed by atoms with van der Waals surface area (Å²) >= 11 is 0. The molecule has 0 unspecified atom stereocenters. The van der Waals surface area contributed by atoms with Gasteiger partial charge in [-0.1, -0.05) is 0 Å². The molecule has 0 fully saturated rings. The van der Waals surface area contributed by atoms with Crippen LogP contribution in [0.5, 0.6) is 0 Å². The number of nitrogens with one attached hydrogen (secondary N) is 2. The van der Waals surface area contributed by atoms with Crippen molar-refractivity contribution in [3.63, 3.8) is 0 Å². The van der Waals surface area contributed by atoms with Crippen LogP contribution in [0.2, 0.25) is 0 Å². The summed E-state index contributed by atoms with van der Waals surface area (Å²) in [7, 11) is 3.81. The zero-order chi connectivity index (χ0) is 13.8. The van der Waals surface area contributed by atoms with Gasteiger partial charge in [0.15, 0.2) is 0 Å². The second-order valence-corrected chi connectivity index (χ2v) is 4.50. The number of Topliss-reactive ketones (excluding diaryl/α,β-unsaturated/α-hetero) is 1. The molecule has 0 aliphatic rings. The standard InChI is InChI=1S/C13H27N3O2/c1-12(17)6-7-13(18)16(10-4-8-14-2)11-5-9-15-3/h14-15H,4-11H2,1-3H3. The molecule has 5 nitrogen and oxygen atoms in total. The normalized spacial score (nSPS) is 10.4. The summed E-state index contributed by atoms with van der Waals surface area (Å²) in [6, 6.07) is 0. The van der Waals surface area contributed by atoms with E-state index in [0.717, 1.165) is 39.0 Å². The minimum absolute atomic E-state index is 0.0775. The average molecular weight is 257 g/mol. The highest BCUT2D eigenvalue weighted by molar-refractivity contribution is 5.83. The Balaban J connectivity index is 4.07. The third-order valence-corrected chi connectivity index (χ3v) is 2.75. The maximum Gasteiger partial charge on any atom is 0.223 e. The molecule has 0 aliphatic carbocycles. The van der Waals surface area contributed by atoms with Crippen LogP contribution in [-0.2, 0) is 9.59 Å². The van der Waals surface area contributed by atoms with Crippen molar-refractivity contribution in [3.8, 4) is 0 Å². The Morgan fingerprint density at radius 1 is 0.944 bits per heavy atom. The summed E-state index contributed by atoms with van der Waals surface area (Å²) in [5.74, 6) is 0.172. The summed E-state index contributed by atoms with van der Waals surface area (Å²) in [4.78, 5) is 24.7. The van der Waals surface area contributed by atoms with Gasteiger partial charge in [-0.3, -0.25) is 4.79 Å². The predicted octanol–water partition coefficient (Wildman–Crippen LogP) is 0.403. The van der Waals surface area contributed by atoms with Gasteiger partial charge in [0, 0.05) is 25.9 Å². The lowest BCUT2D eigenvalue weighted by atomic mass is 10.2. The van der Waals surface area contributed by atoms with Gasteiger partial charge in [-0.15, -0.1) is 0 Å². The SMILES string of the molecule is CNCCCN(CCCNC)C(=O)CCC(C)=O. The van der Waals surface area contributed by atoms with E-state index in [9.17, 15) is 9.59 Å². The highest BCUT2D eigenvalue weighted by Gasteiger charge is 2.13. The molecular weight excluding hydrogens is 230 g/mol. The summed E-state index contributed by atoms with van der Waals surface area (Å²) in [6.07, 6.45) is 2.59. The molecule has 0 saturated heterocycles. The van der Waals surface area contributed by atoms with Crippen molar-refractivity contribution in [1.82, 2.24) is 15.5 Å². The molecule has 106 valence electrons. The Hall–Kier alpha value is -0.940. The number of nitrogens with zero attached hydrogens (tertiary/aromatic N) is 1. The first-order chi connectivity index (χ1) is 8.61. The molecule has 0 aliphatic heterocycles. The van der Waals surface area contributed by atoms with Crippen LogP contribution in [0.4, 0.5) is 0 Å². The Morgan fingerprint density at radius 2 is 1.44 bits per heavy atom. The largest absolute Gasteiger partial charge is 0.343 e. The molecule has 0 heterocycles. The molecule has 5 heteroatoms. The summed E-state index contributed by atoms with van der Waals surface area (Å²) in [6.45, 7) is 4.87. The van der Waals surface area contributed by atoms with Crippen LogP contribution in [0, 0.1) is 0 Å². The summed E-state index contributed by atoms with van der Waals surface area (Å²) in [5, 5.41) is 6.15. The molecule has 1 amide bonds. The van der Waals surface area contributed by atoms with Crippen LogP contribution in [-0.4, -0.2) is 56.9 Å². The Kier molecular flexibility index (Phi) is 10.6. The zero-order valence-electron chi connectivity index (χ0n) is 11.9. The van der Waals surface area contributed by atoms with Gasteiger partial charge >= 0.3 is 0 Å². The molecule has 0 rings (SSSR count). The number of hydrogen-bond donors (Lipinski definition) is 2. The molecule has 0 bridgehead atoms. The molecule has 0 saturated carbocycles. The van der Waals surface area contributed by atoms with Crippen LogP contribution in [0.3, 0.4) is 0 Å². The van der Waals surface area contributed by atoms with Crippen molar-refractivity contribution in [3.05, 3.63) is 0 Å². The number of amides is 1. The first-order valence-electron chi connectivity index (χ1n) is 6.68. The van der Waals surface area contributed by atoms with Crippen molar-refractivity contribution >= 4 is 11.7 Å². The van der Waals surface area contributed by atoms with Crippen LogP contribution in [0.25, 0.3) is 0 Å². The first-order valence-corrected chi connectivity index (χ1v) is 6.68. The molecule has 0 aromatic heterocycles. The molecule has 2 N–H and O–H groups in total. The van der Waals surface area contributed by atoms with Crippen molar-refractivity contribution in [2.75, 3.05) is 40.3 Å². The van der Waals surface area contributed by atoms with Gasteiger partial charge in [0.2, 0.25) is 5.91 Å². The second kappa shape index (κ2) is 11.2. The Bertz CT molecular complexity index is 234. The van der Waals surface area contributed by atoms with Crippen LogP contribution >= 0.6 is 0 Å². The fraction of sp³-hybridized carbons (Fsp3) is 0.846. The number of rotatable bonds is 11. The summed E-state index contributed by atoms with van der Waals surface area (Å²) < 4.78 is 0. The van der Waals surface area contributed by atoms with E-state index in [1.54, 1.807) is 0 Å². The fourth-order valence-electron chi connectivity index (χ4n) is 1.70. The van der Waals surface area contributed by atoms with Gasteiger partial charge in [0.1, 0.15) is 5.78 Å². The average Bonchev–Trinajstić information content (AvgIpc) is 2.34. The highest BCUT2D eigenvalue weighted by atomic mass is 16.2. The van der Waals surface area contributed by atoms with Crippen molar-refractivity contribution in [2.24, 2.45) is 0 Å². The van der Waals surface area contributed by atoms with Crippen molar-refractivity contribution < 1.29 is 9.59 Å². The monoisotopic (exact) mass is 257 g/mol. The molecule has 0 aromatic rings. The predicted molar refractivity (Wildman–Crippen MR) is 73.6 cm³/mol. The van der Waals surface area contributed by atoms with E-state index in [4.69, 9.17) is 0 Å². The van der Waals surface area contributed by atoms with Crippen molar-refractivity contribution in [2.45, 2.75) is 32.6 Å². The molecule has 0 spiro atoms. The van der Waals surface area contributed by atoms with Gasteiger partial charge in [0.25, 0.3) is 0 Å². The fourth-order valence-corrected chi connectivity index (χ4v) is 1.70. The van der Waals surface area contributed by atoms with Gasteiger partial charge < -0.3 is 20.3 Å². The third-order valence-electron chi connectivity index (χ3n) is 2.75. The topological polar surface area (TPSA) is 61.4 Å². The van der Waals surface area contributed by atoms with Gasteiger partial charge in [-0.05, 0) is 47.0 Å². The van der Waals surface area contributed by atoms with E-state index in [1.165, 1.54) is 6.92 Å². The van der Waals surface area contributed by atoms with Gasteiger partial charge in [-0.25, -0.2) is 0 Å². The van der Waals surface area contributed by atoms with E-state index < -0.39 is 0 Å². The Labute approximate surface area is 110 Å². The van der Waals surface area contributed by atoms with Crippen LogP contribution < -0.4 is 10.6 Å². The first kappa shape index (κ1) is 17.1. The third kappa shape index (κ3) is 9.13. The number of carbonyl (C=O) groups is 2. The zero-order valence-corrected chi connectivity index (χ0v) is 11.9. The molecular formula is C13H27N3O2. The molecule has 0 atom stereocenters. The molecule has 0 aromatic carbocycles. The molecule has 18 heavy (non-hydrogen) atoms. The van der Waals surface area contributed by atoms with Crippen LogP contribution in [0.15, 0.2) is 0 Å².